The smallest absolute Gasteiger partial charge is 0 e. The summed E-state index contributed by atoms with van der Waals surface area (Å²) in [7, 11) is 0. The van der Waals surface area contributed by atoms with Crippen LogP contribution in [0.1, 0.15) is 25.7 Å². The van der Waals surface area contributed by atoms with Crippen LogP contribution in [0.15, 0.2) is 29.4 Å². The first-order valence-corrected chi connectivity index (χ1v) is 3.93. The molecule has 0 nitrogen and oxygen atoms in total. The van der Waals surface area contributed by atoms with Gasteiger partial charge in [0.05, 0.1) is 0 Å². The fraction of sp³-hybridized carbons (Fsp3) is 0.400. The Bertz CT molecular complexity index is 221. The molecule has 0 aliphatic heterocycles. The number of rotatable bonds is 1. The van der Waals surface area contributed by atoms with Crippen molar-refractivity contribution in [2.45, 2.75) is 25.7 Å². The Kier molecular flexibility index (Phi) is 3.14. The molecule has 0 saturated carbocycles. The third-order valence-corrected chi connectivity index (χ3v) is 2.08. The van der Waals surface area contributed by atoms with Gasteiger partial charge in [0, 0.05) is 16.5 Å². The van der Waals surface area contributed by atoms with Gasteiger partial charge in [-0.15, -0.1) is 12.2 Å². The summed E-state index contributed by atoms with van der Waals surface area (Å²) in [6, 6.07) is 0. The van der Waals surface area contributed by atoms with Crippen LogP contribution in [0.5, 0.6) is 0 Å². The van der Waals surface area contributed by atoms with Crippen molar-refractivity contribution in [2.24, 2.45) is 0 Å². The van der Waals surface area contributed by atoms with Crippen molar-refractivity contribution in [3.8, 4) is 0 Å². The third-order valence-electron chi connectivity index (χ3n) is 2.08. The van der Waals surface area contributed by atoms with E-state index in [2.05, 4.69) is 24.3 Å². The maximum absolute atomic E-state index is 3.34. The van der Waals surface area contributed by atoms with Crippen LogP contribution in [0.4, 0.5) is 0 Å². The Hall–Kier alpha value is -0.286. The summed E-state index contributed by atoms with van der Waals surface area (Å²) >= 11 is 0. The molecule has 11 heavy (non-hydrogen) atoms. The van der Waals surface area contributed by atoms with E-state index >= 15 is 0 Å². The molecule has 0 aromatic rings. The fourth-order valence-electron chi connectivity index (χ4n) is 1.54. The molecule has 0 aromatic heterocycles. The van der Waals surface area contributed by atoms with Crippen molar-refractivity contribution in [1.29, 1.82) is 0 Å². The van der Waals surface area contributed by atoms with Gasteiger partial charge in [0.15, 0.2) is 0 Å². The van der Waals surface area contributed by atoms with E-state index in [-0.39, 0.29) is 16.5 Å². The van der Waals surface area contributed by atoms with Crippen LogP contribution in [0, 0.1) is 6.08 Å². The van der Waals surface area contributed by atoms with Gasteiger partial charge >= 0.3 is 0 Å². The summed E-state index contributed by atoms with van der Waals surface area (Å²) in [6.45, 7) is 0. The fourth-order valence-corrected chi connectivity index (χ4v) is 1.54. The third kappa shape index (κ3) is 1.84. The molecule has 2 aliphatic rings. The van der Waals surface area contributed by atoms with Gasteiger partial charge < -0.3 is 0 Å². The largest absolute Gasteiger partial charge is 0.198 e. The minimum Gasteiger partial charge on any atom is -0.198 e. The van der Waals surface area contributed by atoms with Crippen LogP contribution >= 0.6 is 0 Å². The van der Waals surface area contributed by atoms with Crippen LogP contribution < -0.4 is 0 Å². The Morgan fingerprint density at radius 2 is 2.27 bits per heavy atom. The molecule has 0 fully saturated rings. The second-order valence-electron chi connectivity index (χ2n) is 2.82. The molecule has 0 bridgehead atoms. The van der Waals surface area contributed by atoms with Gasteiger partial charge in [-0.05, 0) is 6.42 Å². The molecular weight excluding hydrogens is 179 g/mol. The van der Waals surface area contributed by atoms with Gasteiger partial charge in [0.1, 0.15) is 0 Å². The number of hydrogen-bond acceptors (Lipinski definition) is 0. The zero-order chi connectivity index (χ0) is 6.81. The molecule has 0 unspecified atom stereocenters. The van der Waals surface area contributed by atoms with Gasteiger partial charge in [-0.1, -0.05) is 19.3 Å². The molecule has 0 heterocycles. The number of allylic oxidation sites excluding steroid dienone is 6. The summed E-state index contributed by atoms with van der Waals surface area (Å²) in [5, 5.41) is 0. The summed E-state index contributed by atoms with van der Waals surface area (Å²) in [5.41, 5.74) is 2.88. The zero-order valence-corrected chi connectivity index (χ0v) is 7.36. The minimum absolute atomic E-state index is 0. The van der Waals surface area contributed by atoms with Gasteiger partial charge in [-0.3, -0.25) is 0 Å². The van der Waals surface area contributed by atoms with E-state index < -0.39 is 0 Å². The van der Waals surface area contributed by atoms with Crippen molar-refractivity contribution < 1.29 is 16.5 Å². The Balaban J connectivity index is 0.000000605. The maximum Gasteiger partial charge on any atom is 0 e. The second kappa shape index (κ2) is 3.92. The first-order valence-electron chi connectivity index (χ1n) is 3.93. The molecule has 0 radical (unpaired) electrons. The van der Waals surface area contributed by atoms with Gasteiger partial charge in [-0.2, -0.15) is 23.3 Å². The molecule has 0 spiro atoms. The van der Waals surface area contributed by atoms with Crippen molar-refractivity contribution in [3.63, 3.8) is 0 Å². The minimum atomic E-state index is 0. The van der Waals surface area contributed by atoms with E-state index in [0.717, 1.165) is 6.42 Å². The predicted molar refractivity (Wildman–Crippen MR) is 42.4 cm³/mol. The van der Waals surface area contributed by atoms with Gasteiger partial charge in [0.2, 0.25) is 0 Å². The van der Waals surface area contributed by atoms with Crippen LogP contribution in [0.2, 0.25) is 0 Å². The van der Waals surface area contributed by atoms with Gasteiger partial charge in [0.25, 0.3) is 0 Å². The molecule has 2 rings (SSSR count). The normalized spacial score (nSPS) is 21.1. The quantitative estimate of drug-likeness (QED) is 0.440. The molecular formula is C10H11Ni-. The van der Waals surface area contributed by atoms with E-state index in [1.165, 1.54) is 30.4 Å². The van der Waals surface area contributed by atoms with E-state index in [4.69, 9.17) is 0 Å². The second-order valence-corrected chi connectivity index (χ2v) is 2.82. The molecule has 62 valence electrons. The summed E-state index contributed by atoms with van der Waals surface area (Å²) in [4.78, 5) is 0. The average Bonchev–Trinajstić information content (AvgIpc) is 2.59. The molecule has 0 atom stereocenters. The average molecular weight is 190 g/mol. The van der Waals surface area contributed by atoms with E-state index in [9.17, 15) is 0 Å². The monoisotopic (exact) mass is 189 g/mol. The van der Waals surface area contributed by atoms with E-state index in [1.807, 2.05) is 0 Å². The van der Waals surface area contributed by atoms with E-state index in [1.54, 1.807) is 0 Å². The van der Waals surface area contributed by atoms with E-state index in [0.29, 0.717) is 0 Å². The van der Waals surface area contributed by atoms with Crippen molar-refractivity contribution in [1.82, 2.24) is 0 Å². The summed E-state index contributed by atoms with van der Waals surface area (Å²) in [5.74, 6) is 0. The summed E-state index contributed by atoms with van der Waals surface area (Å²) in [6.07, 6.45) is 15.0. The van der Waals surface area contributed by atoms with Crippen molar-refractivity contribution >= 4 is 0 Å². The summed E-state index contributed by atoms with van der Waals surface area (Å²) < 4.78 is 0. The van der Waals surface area contributed by atoms with Crippen LogP contribution in [0.3, 0.4) is 0 Å². The Morgan fingerprint density at radius 1 is 1.36 bits per heavy atom. The Morgan fingerprint density at radius 3 is 2.82 bits per heavy atom. The van der Waals surface area contributed by atoms with Crippen molar-refractivity contribution in [3.05, 3.63) is 35.5 Å². The topological polar surface area (TPSA) is 0 Å². The zero-order valence-electron chi connectivity index (χ0n) is 6.38. The molecule has 0 saturated heterocycles. The number of hydrogen-bond donors (Lipinski definition) is 0. The first-order chi connectivity index (χ1) is 4.97. The molecule has 0 amide bonds. The SMILES string of the molecule is [C-]1=C(C2=CCCC2)C=CC1.[Ni]. The maximum atomic E-state index is 3.34. The molecule has 0 aromatic carbocycles. The molecule has 1 heteroatoms. The van der Waals surface area contributed by atoms with Crippen LogP contribution in [-0.4, -0.2) is 0 Å². The predicted octanol–water partition coefficient (Wildman–Crippen LogP) is 2.78. The Labute approximate surface area is 78.0 Å². The van der Waals surface area contributed by atoms with Gasteiger partial charge in [-0.25, -0.2) is 0 Å². The standard InChI is InChI=1S/C10H11.Ni/c1-2-6-9(5-1)10-7-3-4-8-10;/h1,5,7H,2-4,8H2;/q-1;. The van der Waals surface area contributed by atoms with Crippen LogP contribution in [-0.2, 0) is 16.5 Å². The molecule has 2 aliphatic carbocycles. The van der Waals surface area contributed by atoms with Crippen LogP contribution in [0.25, 0.3) is 0 Å². The molecule has 0 N–H and O–H groups in total. The first kappa shape index (κ1) is 8.81. The van der Waals surface area contributed by atoms with Crippen molar-refractivity contribution in [2.75, 3.05) is 0 Å².